The molecule has 0 aliphatic heterocycles. The first-order valence-electron chi connectivity index (χ1n) is 4.15. The molecule has 14 heavy (non-hydrogen) atoms. The van der Waals surface area contributed by atoms with Gasteiger partial charge in [0.1, 0.15) is 0 Å². The topological polar surface area (TPSA) is 17.8 Å². The highest BCUT2D eigenvalue weighted by atomic mass is 127. The van der Waals surface area contributed by atoms with Crippen LogP contribution in [0.2, 0.25) is 0 Å². The van der Waals surface area contributed by atoms with Gasteiger partial charge in [-0.3, -0.25) is 0 Å². The van der Waals surface area contributed by atoms with Crippen molar-refractivity contribution < 1.29 is 0 Å². The number of alkyl halides is 1. The summed E-state index contributed by atoms with van der Waals surface area (Å²) in [6.07, 6.45) is 3.85. The standard InChI is InChI=1S/C10H8BrIN2/c11-5-8-1-3-10(4-2-8)14-7-9(12)6-13-14/h1-4,6-7H,5H2. The average molecular weight is 363 g/mol. The van der Waals surface area contributed by atoms with E-state index >= 15 is 0 Å². The Morgan fingerprint density at radius 2 is 2.00 bits per heavy atom. The van der Waals surface area contributed by atoms with E-state index in [1.807, 2.05) is 17.1 Å². The van der Waals surface area contributed by atoms with E-state index in [0.29, 0.717) is 0 Å². The van der Waals surface area contributed by atoms with Gasteiger partial charge in [0.05, 0.1) is 15.5 Å². The molecule has 4 heteroatoms. The molecule has 0 atom stereocenters. The molecule has 2 rings (SSSR count). The quantitative estimate of drug-likeness (QED) is 0.591. The fraction of sp³-hybridized carbons (Fsp3) is 0.100. The van der Waals surface area contributed by atoms with Crippen LogP contribution in [0, 0.1) is 3.57 Å². The molecule has 0 amide bonds. The summed E-state index contributed by atoms with van der Waals surface area (Å²) in [6.45, 7) is 0. The Morgan fingerprint density at radius 1 is 1.29 bits per heavy atom. The van der Waals surface area contributed by atoms with Crippen molar-refractivity contribution in [3.05, 3.63) is 45.8 Å². The Kier molecular flexibility index (Phi) is 3.22. The van der Waals surface area contributed by atoms with E-state index in [1.54, 1.807) is 0 Å². The first-order chi connectivity index (χ1) is 6.79. The molecule has 0 bridgehead atoms. The molecule has 2 nitrogen and oxygen atoms in total. The maximum absolute atomic E-state index is 4.24. The number of aromatic nitrogens is 2. The largest absolute Gasteiger partial charge is 0.240 e. The highest BCUT2D eigenvalue weighted by Crippen LogP contribution is 2.12. The predicted octanol–water partition coefficient (Wildman–Crippen LogP) is 3.37. The molecule has 0 aliphatic rings. The zero-order valence-electron chi connectivity index (χ0n) is 7.32. The lowest BCUT2D eigenvalue weighted by atomic mass is 10.2. The van der Waals surface area contributed by atoms with Gasteiger partial charge in [-0.1, -0.05) is 28.1 Å². The van der Waals surface area contributed by atoms with Crippen molar-refractivity contribution in [2.24, 2.45) is 0 Å². The van der Waals surface area contributed by atoms with Gasteiger partial charge in [0.25, 0.3) is 0 Å². The highest BCUT2D eigenvalue weighted by molar-refractivity contribution is 14.1. The van der Waals surface area contributed by atoms with Crippen LogP contribution in [-0.2, 0) is 5.33 Å². The van der Waals surface area contributed by atoms with Crippen LogP contribution in [0.15, 0.2) is 36.7 Å². The molecule has 0 radical (unpaired) electrons. The summed E-state index contributed by atoms with van der Waals surface area (Å²) >= 11 is 5.67. The van der Waals surface area contributed by atoms with Crippen LogP contribution < -0.4 is 0 Å². The van der Waals surface area contributed by atoms with Gasteiger partial charge in [-0.25, -0.2) is 4.68 Å². The van der Waals surface area contributed by atoms with Gasteiger partial charge in [0.15, 0.2) is 0 Å². The molecule has 0 saturated carbocycles. The number of hydrogen-bond acceptors (Lipinski definition) is 1. The Balaban J connectivity index is 2.33. The van der Waals surface area contributed by atoms with Crippen molar-refractivity contribution in [1.82, 2.24) is 9.78 Å². The number of nitrogens with zero attached hydrogens (tertiary/aromatic N) is 2. The van der Waals surface area contributed by atoms with E-state index < -0.39 is 0 Å². The molecule has 0 fully saturated rings. The molecule has 1 aromatic carbocycles. The van der Waals surface area contributed by atoms with Crippen molar-refractivity contribution in [2.45, 2.75) is 5.33 Å². The van der Waals surface area contributed by atoms with E-state index in [2.05, 4.69) is 67.9 Å². The Hall–Kier alpha value is -0.360. The lowest BCUT2D eigenvalue weighted by molar-refractivity contribution is 0.880. The van der Waals surface area contributed by atoms with Gasteiger partial charge >= 0.3 is 0 Å². The van der Waals surface area contributed by atoms with Gasteiger partial charge in [0.2, 0.25) is 0 Å². The molecule has 0 spiro atoms. The van der Waals surface area contributed by atoms with Crippen LogP contribution in [0.4, 0.5) is 0 Å². The van der Waals surface area contributed by atoms with Crippen molar-refractivity contribution in [3.63, 3.8) is 0 Å². The van der Waals surface area contributed by atoms with E-state index in [9.17, 15) is 0 Å². The SMILES string of the molecule is BrCc1ccc(-n2cc(I)cn2)cc1. The highest BCUT2D eigenvalue weighted by Gasteiger charge is 1.98. The molecule has 1 aromatic heterocycles. The molecule has 0 unspecified atom stereocenters. The summed E-state index contributed by atoms with van der Waals surface area (Å²) < 4.78 is 3.02. The summed E-state index contributed by atoms with van der Waals surface area (Å²) in [6, 6.07) is 8.33. The smallest absolute Gasteiger partial charge is 0.0646 e. The van der Waals surface area contributed by atoms with Crippen molar-refractivity contribution >= 4 is 38.5 Å². The normalized spacial score (nSPS) is 10.4. The Labute approximate surface area is 105 Å². The van der Waals surface area contributed by atoms with Gasteiger partial charge in [-0.05, 0) is 40.3 Å². The van der Waals surface area contributed by atoms with Crippen molar-refractivity contribution in [3.8, 4) is 5.69 Å². The van der Waals surface area contributed by atoms with Gasteiger partial charge < -0.3 is 0 Å². The molecule has 1 heterocycles. The second-order valence-corrected chi connectivity index (χ2v) is 4.71. The number of hydrogen-bond donors (Lipinski definition) is 0. The first kappa shape index (κ1) is 10.2. The van der Waals surface area contributed by atoms with E-state index in [4.69, 9.17) is 0 Å². The Bertz CT molecular complexity index is 422. The average Bonchev–Trinajstić information content (AvgIpc) is 2.65. The van der Waals surface area contributed by atoms with Crippen LogP contribution in [0.25, 0.3) is 5.69 Å². The summed E-state index contributed by atoms with van der Waals surface area (Å²) in [5.41, 5.74) is 2.37. The molecule has 0 aliphatic carbocycles. The molecule has 72 valence electrons. The third kappa shape index (κ3) is 2.17. The maximum atomic E-state index is 4.24. The van der Waals surface area contributed by atoms with Gasteiger partial charge in [-0.15, -0.1) is 0 Å². The fourth-order valence-corrected chi connectivity index (χ4v) is 1.94. The summed E-state index contributed by atoms with van der Waals surface area (Å²) in [5, 5.41) is 5.13. The first-order valence-corrected chi connectivity index (χ1v) is 6.35. The number of benzene rings is 1. The second kappa shape index (κ2) is 4.44. The minimum absolute atomic E-state index is 0.893. The number of rotatable bonds is 2. The molecule has 0 saturated heterocycles. The van der Waals surface area contributed by atoms with Crippen LogP contribution in [0.5, 0.6) is 0 Å². The summed E-state index contributed by atoms with van der Waals surface area (Å²) in [7, 11) is 0. The monoisotopic (exact) mass is 362 g/mol. The lowest BCUT2D eigenvalue weighted by Gasteiger charge is -2.01. The van der Waals surface area contributed by atoms with Crippen LogP contribution in [-0.4, -0.2) is 9.78 Å². The minimum Gasteiger partial charge on any atom is -0.240 e. The predicted molar refractivity (Wildman–Crippen MR) is 68.9 cm³/mol. The zero-order valence-corrected chi connectivity index (χ0v) is 11.1. The van der Waals surface area contributed by atoms with E-state index in [0.717, 1.165) is 14.6 Å². The minimum atomic E-state index is 0.893. The van der Waals surface area contributed by atoms with Gasteiger partial charge in [0, 0.05) is 11.5 Å². The number of halogens is 2. The Morgan fingerprint density at radius 3 is 2.50 bits per heavy atom. The van der Waals surface area contributed by atoms with Crippen molar-refractivity contribution in [1.29, 1.82) is 0 Å². The maximum Gasteiger partial charge on any atom is 0.0646 e. The fourth-order valence-electron chi connectivity index (χ4n) is 1.18. The second-order valence-electron chi connectivity index (χ2n) is 2.90. The van der Waals surface area contributed by atoms with Crippen LogP contribution in [0.1, 0.15) is 5.56 Å². The third-order valence-corrected chi connectivity index (χ3v) is 3.11. The van der Waals surface area contributed by atoms with Gasteiger partial charge in [-0.2, -0.15) is 5.10 Å². The molecular formula is C10H8BrIN2. The lowest BCUT2D eigenvalue weighted by Crippen LogP contribution is -1.93. The summed E-state index contributed by atoms with van der Waals surface area (Å²) in [5.74, 6) is 0. The van der Waals surface area contributed by atoms with E-state index in [1.165, 1.54) is 5.56 Å². The van der Waals surface area contributed by atoms with E-state index in [-0.39, 0.29) is 0 Å². The van der Waals surface area contributed by atoms with Crippen LogP contribution >= 0.6 is 38.5 Å². The summed E-state index contributed by atoms with van der Waals surface area (Å²) in [4.78, 5) is 0. The zero-order chi connectivity index (χ0) is 9.97. The third-order valence-electron chi connectivity index (χ3n) is 1.91. The molecule has 0 N–H and O–H groups in total. The molecular weight excluding hydrogens is 355 g/mol. The molecule has 2 aromatic rings. The van der Waals surface area contributed by atoms with Crippen LogP contribution in [0.3, 0.4) is 0 Å². The van der Waals surface area contributed by atoms with Crippen molar-refractivity contribution in [2.75, 3.05) is 0 Å².